The number of sulfonamides is 1. The Labute approximate surface area is 152 Å². The van der Waals surface area contributed by atoms with Crippen molar-refractivity contribution >= 4 is 21.6 Å². The Hall–Kier alpha value is -2.25. The molecule has 0 aliphatic carbocycles. The molecule has 1 spiro atoms. The number of rotatable bonds is 3. The second-order valence-corrected chi connectivity index (χ2v) is 8.98. The van der Waals surface area contributed by atoms with Gasteiger partial charge in [-0.25, -0.2) is 12.8 Å². The number of hydrogen-bond donors (Lipinski definition) is 0. The van der Waals surface area contributed by atoms with Crippen LogP contribution in [-0.4, -0.2) is 38.3 Å². The first kappa shape index (κ1) is 17.2. The normalized spacial score (nSPS) is 23.9. The van der Waals surface area contributed by atoms with Gasteiger partial charge in [-0.05, 0) is 36.8 Å². The van der Waals surface area contributed by atoms with E-state index in [1.54, 1.807) is 47.4 Å². The zero-order valence-electron chi connectivity index (χ0n) is 14.1. The zero-order valence-corrected chi connectivity index (χ0v) is 15.0. The standard InChI is InChI=1S/C19H19FN2O3S/c20-15-5-4-6-16(11-15)22-14-19(12-18(22)23)9-10-21(13-19)26(24,25)17-7-2-1-3-8-17/h1-8,11H,9-10,12-14H2. The van der Waals surface area contributed by atoms with Crippen LogP contribution in [0.4, 0.5) is 10.1 Å². The van der Waals surface area contributed by atoms with E-state index in [4.69, 9.17) is 0 Å². The third-order valence-electron chi connectivity index (χ3n) is 5.22. The van der Waals surface area contributed by atoms with Crippen LogP contribution >= 0.6 is 0 Å². The van der Waals surface area contributed by atoms with Crippen molar-refractivity contribution in [3.8, 4) is 0 Å². The highest BCUT2D eigenvalue weighted by molar-refractivity contribution is 7.89. The summed E-state index contributed by atoms with van der Waals surface area (Å²) >= 11 is 0. The van der Waals surface area contributed by atoms with Gasteiger partial charge in [0, 0.05) is 37.2 Å². The van der Waals surface area contributed by atoms with E-state index >= 15 is 0 Å². The Balaban J connectivity index is 1.56. The first-order valence-electron chi connectivity index (χ1n) is 8.51. The Bertz CT molecular complexity index is 948. The van der Waals surface area contributed by atoms with Crippen LogP contribution in [0.1, 0.15) is 12.8 Å². The molecule has 1 unspecified atom stereocenters. The van der Waals surface area contributed by atoms with Gasteiger partial charge >= 0.3 is 0 Å². The summed E-state index contributed by atoms with van der Waals surface area (Å²) in [5.74, 6) is -0.481. The van der Waals surface area contributed by atoms with Crippen LogP contribution in [0.5, 0.6) is 0 Å². The number of amides is 1. The maximum Gasteiger partial charge on any atom is 0.243 e. The van der Waals surface area contributed by atoms with Gasteiger partial charge in [-0.2, -0.15) is 4.31 Å². The quantitative estimate of drug-likeness (QED) is 0.830. The molecule has 0 N–H and O–H groups in total. The summed E-state index contributed by atoms with van der Waals surface area (Å²) in [4.78, 5) is 14.3. The fourth-order valence-corrected chi connectivity index (χ4v) is 5.46. The Kier molecular flexibility index (Phi) is 4.08. The fraction of sp³-hybridized carbons (Fsp3) is 0.316. The van der Waals surface area contributed by atoms with Crippen LogP contribution in [0.3, 0.4) is 0 Å². The molecule has 26 heavy (non-hydrogen) atoms. The Morgan fingerprint density at radius 3 is 2.50 bits per heavy atom. The largest absolute Gasteiger partial charge is 0.312 e. The lowest BCUT2D eigenvalue weighted by molar-refractivity contribution is -0.117. The maximum atomic E-state index is 13.5. The van der Waals surface area contributed by atoms with Gasteiger partial charge in [-0.15, -0.1) is 0 Å². The molecule has 136 valence electrons. The minimum Gasteiger partial charge on any atom is -0.312 e. The van der Waals surface area contributed by atoms with Crippen molar-refractivity contribution in [3.05, 3.63) is 60.4 Å². The molecular weight excluding hydrogens is 355 g/mol. The highest BCUT2D eigenvalue weighted by atomic mass is 32.2. The predicted molar refractivity (Wildman–Crippen MR) is 95.6 cm³/mol. The Morgan fingerprint density at radius 2 is 1.77 bits per heavy atom. The van der Waals surface area contributed by atoms with Gasteiger partial charge in [0.15, 0.2) is 0 Å². The second-order valence-electron chi connectivity index (χ2n) is 7.04. The van der Waals surface area contributed by atoms with E-state index in [1.807, 2.05) is 0 Å². The first-order valence-corrected chi connectivity index (χ1v) is 9.95. The van der Waals surface area contributed by atoms with Gasteiger partial charge in [-0.1, -0.05) is 24.3 Å². The van der Waals surface area contributed by atoms with Crippen molar-refractivity contribution < 1.29 is 17.6 Å². The third kappa shape index (κ3) is 2.91. The lowest BCUT2D eigenvalue weighted by Crippen LogP contribution is -2.34. The SMILES string of the molecule is O=C1CC2(CCN(S(=O)(=O)c3ccccc3)C2)CN1c1cccc(F)c1. The Morgan fingerprint density at radius 1 is 1.00 bits per heavy atom. The van der Waals surface area contributed by atoms with Crippen LogP contribution in [0.2, 0.25) is 0 Å². The van der Waals surface area contributed by atoms with Crippen LogP contribution in [-0.2, 0) is 14.8 Å². The van der Waals surface area contributed by atoms with Gasteiger partial charge in [-0.3, -0.25) is 4.79 Å². The number of carbonyl (C=O) groups excluding carboxylic acids is 1. The molecule has 2 aromatic carbocycles. The van der Waals surface area contributed by atoms with Crippen molar-refractivity contribution in [2.24, 2.45) is 5.41 Å². The van der Waals surface area contributed by atoms with Gasteiger partial charge in [0.25, 0.3) is 0 Å². The van der Waals surface area contributed by atoms with Crippen molar-refractivity contribution in [1.82, 2.24) is 4.31 Å². The number of anilines is 1. The molecule has 0 bridgehead atoms. The van der Waals surface area contributed by atoms with Crippen LogP contribution in [0, 0.1) is 11.2 Å². The number of benzene rings is 2. The summed E-state index contributed by atoms with van der Waals surface area (Å²) in [6.07, 6.45) is 0.904. The molecular formula is C19H19FN2O3S. The maximum absolute atomic E-state index is 13.5. The van der Waals surface area contributed by atoms with E-state index < -0.39 is 21.3 Å². The number of nitrogens with zero attached hydrogens (tertiary/aromatic N) is 2. The third-order valence-corrected chi connectivity index (χ3v) is 7.08. The molecule has 2 saturated heterocycles. The summed E-state index contributed by atoms with van der Waals surface area (Å²) < 4.78 is 40.6. The predicted octanol–water partition coefficient (Wildman–Crippen LogP) is 2.64. The molecule has 4 rings (SSSR count). The molecule has 2 aliphatic heterocycles. The molecule has 2 aromatic rings. The second kappa shape index (κ2) is 6.17. The molecule has 1 atom stereocenters. The van der Waals surface area contributed by atoms with E-state index in [9.17, 15) is 17.6 Å². The smallest absolute Gasteiger partial charge is 0.243 e. The topological polar surface area (TPSA) is 57.7 Å². The molecule has 0 aromatic heterocycles. The molecule has 7 heteroatoms. The van der Waals surface area contributed by atoms with E-state index in [0.717, 1.165) is 0 Å². The van der Waals surface area contributed by atoms with Crippen molar-refractivity contribution in [3.63, 3.8) is 0 Å². The summed E-state index contributed by atoms with van der Waals surface area (Å²) in [6, 6.07) is 14.3. The van der Waals surface area contributed by atoms with E-state index in [1.165, 1.54) is 16.4 Å². The minimum absolute atomic E-state index is 0.0884. The number of carbonyl (C=O) groups is 1. The highest BCUT2D eigenvalue weighted by Gasteiger charge is 2.50. The molecule has 2 aliphatic rings. The van der Waals surface area contributed by atoms with Crippen LogP contribution < -0.4 is 4.90 Å². The van der Waals surface area contributed by atoms with Gasteiger partial charge in [0.2, 0.25) is 15.9 Å². The van der Waals surface area contributed by atoms with Crippen LogP contribution in [0.25, 0.3) is 0 Å². The molecule has 0 radical (unpaired) electrons. The average molecular weight is 374 g/mol. The van der Waals surface area contributed by atoms with Gasteiger partial charge in [0.05, 0.1) is 4.90 Å². The van der Waals surface area contributed by atoms with E-state index in [2.05, 4.69) is 0 Å². The van der Waals surface area contributed by atoms with E-state index in [-0.39, 0.29) is 17.2 Å². The van der Waals surface area contributed by atoms with Crippen molar-refractivity contribution in [2.45, 2.75) is 17.7 Å². The first-order chi connectivity index (χ1) is 12.4. The summed E-state index contributed by atoms with van der Waals surface area (Å²) in [6.45, 7) is 1.11. The molecule has 0 saturated carbocycles. The zero-order chi connectivity index (χ0) is 18.4. The lowest BCUT2D eigenvalue weighted by atomic mass is 9.86. The van der Waals surface area contributed by atoms with Gasteiger partial charge in [0.1, 0.15) is 5.82 Å². The number of hydrogen-bond acceptors (Lipinski definition) is 3. The summed E-state index contributed by atoms with van der Waals surface area (Å²) in [7, 11) is -3.56. The molecule has 1 amide bonds. The highest BCUT2D eigenvalue weighted by Crippen LogP contribution is 2.43. The van der Waals surface area contributed by atoms with Crippen LogP contribution in [0.15, 0.2) is 59.5 Å². The number of halogens is 1. The summed E-state index contributed by atoms with van der Waals surface area (Å²) in [5, 5.41) is 0. The van der Waals surface area contributed by atoms with Crippen molar-refractivity contribution in [2.75, 3.05) is 24.5 Å². The van der Waals surface area contributed by atoms with E-state index in [0.29, 0.717) is 31.7 Å². The van der Waals surface area contributed by atoms with Gasteiger partial charge < -0.3 is 4.90 Å². The molecule has 2 fully saturated rings. The molecule has 2 heterocycles. The summed E-state index contributed by atoms with van der Waals surface area (Å²) in [5.41, 5.74) is 0.113. The lowest BCUT2D eigenvalue weighted by Gasteiger charge is -2.24. The van der Waals surface area contributed by atoms with Crippen molar-refractivity contribution in [1.29, 1.82) is 0 Å². The molecule has 5 nitrogen and oxygen atoms in total. The minimum atomic E-state index is -3.56. The monoisotopic (exact) mass is 374 g/mol. The fourth-order valence-electron chi connectivity index (χ4n) is 3.89. The average Bonchev–Trinajstić information content (AvgIpc) is 3.19.